The molecule has 0 atom stereocenters. The summed E-state index contributed by atoms with van der Waals surface area (Å²) >= 11 is 0. The van der Waals surface area contributed by atoms with E-state index in [1.165, 1.54) is 0 Å². The fraction of sp³-hybridized carbons (Fsp3) is 0.583. The van der Waals surface area contributed by atoms with Crippen molar-refractivity contribution < 1.29 is 0 Å². The van der Waals surface area contributed by atoms with Gasteiger partial charge in [-0.15, -0.1) is 24.0 Å². The molecule has 0 spiro atoms. The number of aromatic amines is 1. The normalized spacial score (nSPS) is 10.7. The number of aliphatic imine (C=N–C) groups is 1. The number of halogens is 1. The van der Waals surface area contributed by atoms with Crippen molar-refractivity contribution in [3.05, 3.63) is 11.3 Å². The molecule has 0 amide bonds. The Morgan fingerprint density at radius 1 is 1.50 bits per heavy atom. The molecule has 1 heterocycles. The number of H-pyrrole nitrogens is 1. The van der Waals surface area contributed by atoms with Crippen molar-refractivity contribution in [3.63, 3.8) is 0 Å². The van der Waals surface area contributed by atoms with Gasteiger partial charge in [0.1, 0.15) is 11.6 Å². The van der Waals surface area contributed by atoms with Gasteiger partial charge in [-0.3, -0.25) is 10.1 Å². The van der Waals surface area contributed by atoms with Gasteiger partial charge in [-0.1, -0.05) is 13.3 Å². The maximum absolute atomic E-state index is 8.91. The van der Waals surface area contributed by atoms with E-state index in [9.17, 15) is 0 Å². The summed E-state index contributed by atoms with van der Waals surface area (Å²) in [5.41, 5.74) is 12.4. The molecule has 6 N–H and O–H groups in total. The third-order valence-corrected chi connectivity index (χ3v) is 2.68. The van der Waals surface area contributed by atoms with E-state index < -0.39 is 0 Å². The summed E-state index contributed by atoms with van der Waals surface area (Å²) in [5.74, 6) is 0.722. The summed E-state index contributed by atoms with van der Waals surface area (Å²) in [4.78, 5) is 4.21. The number of unbranched alkanes of at least 4 members (excludes halogenated alkanes) is 1. The molecule has 0 unspecified atom stereocenters. The van der Waals surface area contributed by atoms with Crippen LogP contribution in [0.25, 0.3) is 0 Å². The van der Waals surface area contributed by atoms with Crippen LogP contribution >= 0.6 is 24.0 Å². The minimum Gasteiger partial charge on any atom is -0.381 e. The Bertz CT molecular complexity index is 461. The summed E-state index contributed by atoms with van der Waals surface area (Å²) in [6.45, 7) is 3.58. The van der Waals surface area contributed by atoms with E-state index in [4.69, 9.17) is 16.7 Å². The molecule has 1 rings (SSSR count). The summed E-state index contributed by atoms with van der Waals surface area (Å²) in [6, 6.07) is 2.04. The minimum atomic E-state index is 0. The van der Waals surface area contributed by atoms with E-state index in [0.717, 1.165) is 31.5 Å². The summed E-state index contributed by atoms with van der Waals surface area (Å²) < 4.78 is 0. The van der Waals surface area contributed by atoms with Gasteiger partial charge in [0, 0.05) is 13.1 Å². The number of nitrogens with zero attached hydrogens (tertiary/aromatic N) is 3. The van der Waals surface area contributed by atoms with Crippen molar-refractivity contribution in [1.29, 1.82) is 5.26 Å². The fourth-order valence-corrected chi connectivity index (χ4v) is 1.60. The monoisotopic (exact) mass is 391 g/mol. The van der Waals surface area contributed by atoms with Gasteiger partial charge in [-0.25, -0.2) is 0 Å². The van der Waals surface area contributed by atoms with Crippen molar-refractivity contribution in [3.8, 4) is 6.07 Å². The summed E-state index contributed by atoms with van der Waals surface area (Å²) in [7, 11) is 0. The van der Waals surface area contributed by atoms with Gasteiger partial charge < -0.3 is 16.8 Å². The molecule has 8 heteroatoms. The van der Waals surface area contributed by atoms with Crippen molar-refractivity contribution in [2.45, 2.75) is 32.6 Å². The molecule has 7 nitrogen and oxygen atoms in total. The average Bonchev–Trinajstić information content (AvgIpc) is 2.75. The van der Waals surface area contributed by atoms with E-state index in [2.05, 4.69) is 27.4 Å². The predicted octanol–water partition coefficient (Wildman–Crippen LogP) is 1.12. The molecule has 0 aliphatic rings. The molecule has 0 aliphatic heterocycles. The number of hydrogen-bond acceptors (Lipinski definition) is 4. The van der Waals surface area contributed by atoms with Gasteiger partial charge >= 0.3 is 0 Å². The Hall–Kier alpha value is -1.50. The smallest absolute Gasteiger partial charge is 0.188 e. The molecule has 0 aliphatic carbocycles. The molecule has 0 bridgehead atoms. The number of aryl methyl sites for hydroxylation is 1. The van der Waals surface area contributed by atoms with Crippen molar-refractivity contribution in [2.24, 2.45) is 10.7 Å². The van der Waals surface area contributed by atoms with Crippen LogP contribution in [0.15, 0.2) is 4.99 Å². The second-order valence-electron chi connectivity index (χ2n) is 4.23. The molecule has 0 fully saturated rings. The highest BCUT2D eigenvalue weighted by Crippen LogP contribution is 2.13. The Morgan fingerprint density at radius 2 is 2.25 bits per heavy atom. The van der Waals surface area contributed by atoms with E-state index in [1.807, 2.05) is 6.07 Å². The van der Waals surface area contributed by atoms with Crippen LogP contribution in [0.3, 0.4) is 0 Å². The van der Waals surface area contributed by atoms with Gasteiger partial charge in [0.2, 0.25) is 0 Å². The Morgan fingerprint density at radius 3 is 2.90 bits per heavy atom. The molecule has 0 saturated carbocycles. The number of nitriles is 1. The van der Waals surface area contributed by atoms with Gasteiger partial charge in [0.15, 0.2) is 11.8 Å². The number of aromatic nitrogens is 2. The number of rotatable bonds is 7. The number of hydrogen-bond donors (Lipinski definition) is 4. The molecular weight excluding hydrogens is 369 g/mol. The van der Waals surface area contributed by atoms with Gasteiger partial charge in [-0.2, -0.15) is 10.4 Å². The third-order valence-electron chi connectivity index (χ3n) is 2.68. The topological polar surface area (TPSA) is 129 Å². The molecule has 0 radical (unpaired) electrons. The Labute approximate surface area is 136 Å². The van der Waals surface area contributed by atoms with Gasteiger partial charge in [0.05, 0.1) is 5.69 Å². The van der Waals surface area contributed by atoms with Crippen molar-refractivity contribution in [1.82, 2.24) is 15.5 Å². The third kappa shape index (κ3) is 6.10. The van der Waals surface area contributed by atoms with E-state index >= 15 is 0 Å². The van der Waals surface area contributed by atoms with Crippen LogP contribution in [0.5, 0.6) is 0 Å². The second kappa shape index (κ2) is 10.3. The fourth-order valence-electron chi connectivity index (χ4n) is 1.60. The number of guanidine groups is 1. The number of nitrogens with two attached hydrogens (primary N) is 2. The minimum absolute atomic E-state index is 0. The molecule has 112 valence electrons. The zero-order valence-corrected chi connectivity index (χ0v) is 14.0. The van der Waals surface area contributed by atoms with Crippen LogP contribution in [0.2, 0.25) is 0 Å². The lowest BCUT2D eigenvalue weighted by molar-refractivity contribution is 0.742. The van der Waals surface area contributed by atoms with Crippen LogP contribution in [0, 0.1) is 11.3 Å². The lowest BCUT2D eigenvalue weighted by Gasteiger charge is -2.04. The standard InChI is InChI=1S/C12H21N7.HI/c1-2-3-6-16-12(15)17-7-4-5-10-9(8-13)11(14)19-18-10;/h2-7H2,1H3,(H3,14,18,19)(H3,15,16,17);1H. The Balaban J connectivity index is 0.00000361. The second-order valence-corrected chi connectivity index (χ2v) is 4.23. The van der Waals surface area contributed by atoms with E-state index in [0.29, 0.717) is 24.5 Å². The quantitative estimate of drug-likeness (QED) is 0.240. The molecule has 0 aromatic carbocycles. The van der Waals surface area contributed by atoms with E-state index in [1.54, 1.807) is 0 Å². The van der Waals surface area contributed by atoms with Gasteiger partial charge in [-0.05, 0) is 19.3 Å². The zero-order valence-electron chi connectivity index (χ0n) is 11.6. The van der Waals surface area contributed by atoms with Gasteiger partial charge in [0.25, 0.3) is 0 Å². The van der Waals surface area contributed by atoms with E-state index in [-0.39, 0.29) is 29.8 Å². The molecule has 1 aromatic heterocycles. The highest BCUT2D eigenvalue weighted by molar-refractivity contribution is 14.0. The summed E-state index contributed by atoms with van der Waals surface area (Å²) in [5, 5.41) is 18.5. The molecule has 0 saturated heterocycles. The maximum Gasteiger partial charge on any atom is 0.188 e. The summed E-state index contributed by atoms with van der Waals surface area (Å²) in [6.07, 6.45) is 3.67. The molecular formula is C12H22IN7. The zero-order chi connectivity index (χ0) is 14.1. The van der Waals surface area contributed by atoms with Crippen LogP contribution in [0.4, 0.5) is 5.82 Å². The molecule has 20 heavy (non-hydrogen) atoms. The number of anilines is 1. The van der Waals surface area contributed by atoms with Crippen LogP contribution in [-0.4, -0.2) is 29.2 Å². The first-order chi connectivity index (χ1) is 9.19. The van der Waals surface area contributed by atoms with Crippen LogP contribution in [-0.2, 0) is 6.42 Å². The maximum atomic E-state index is 8.91. The van der Waals surface area contributed by atoms with Crippen molar-refractivity contribution in [2.75, 3.05) is 18.8 Å². The molecule has 1 aromatic rings. The highest BCUT2D eigenvalue weighted by Gasteiger charge is 2.08. The lowest BCUT2D eigenvalue weighted by atomic mass is 10.1. The van der Waals surface area contributed by atoms with Crippen LogP contribution < -0.4 is 16.8 Å². The largest absolute Gasteiger partial charge is 0.381 e. The first-order valence-corrected chi connectivity index (χ1v) is 6.45. The first-order valence-electron chi connectivity index (χ1n) is 6.45. The van der Waals surface area contributed by atoms with Crippen LogP contribution in [0.1, 0.15) is 37.4 Å². The lowest BCUT2D eigenvalue weighted by Crippen LogP contribution is -2.32. The SMILES string of the molecule is CCCCNC(N)=NCCCc1[nH]nc(N)c1C#N.I. The number of nitrogens with one attached hydrogen (secondary N) is 2. The predicted molar refractivity (Wildman–Crippen MR) is 90.9 cm³/mol. The Kier molecular flexibility index (Phi) is 9.53. The average molecular weight is 391 g/mol. The first kappa shape index (κ1) is 18.5. The number of nitrogen functional groups attached to an aromatic ring is 1. The van der Waals surface area contributed by atoms with Crippen molar-refractivity contribution >= 4 is 35.8 Å². The highest BCUT2D eigenvalue weighted by atomic mass is 127.